The highest BCUT2D eigenvalue weighted by atomic mass is 16.5. The molecule has 1 aliphatic carbocycles. The average Bonchev–Trinajstić information content (AvgIpc) is 2.97. The van der Waals surface area contributed by atoms with Crippen molar-refractivity contribution in [1.29, 1.82) is 0 Å². The third kappa shape index (κ3) is 9.16. The minimum absolute atomic E-state index is 0.180. The number of rotatable bonds is 13. The van der Waals surface area contributed by atoms with Gasteiger partial charge in [-0.3, -0.25) is 19.2 Å². The van der Waals surface area contributed by atoms with Crippen LogP contribution in [0.1, 0.15) is 70.3 Å². The SMILES string of the molecule is CCCC[C@H](NC(=O)C1(NC(=O)N2CCOCC2)CCCCC1)C(=O)C(=O)NCC(=O)CCc1ccccc1. The normalized spacial score (nSPS) is 17.5. The minimum atomic E-state index is -1.14. The summed E-state index contributed by atoms with van der Waals surface area (Å²) in [7, 11) is 0. The van der Waals surface area contributed by atoms with E-state index < -0.39 is 29.2 Å². The highest BCUT2D eigenvalue weighted by Gasteiger charge is 2.43. The Bertz CT molecular complexity index is 987. The summed E-state index contributed by atoms with van der Waals surface area (Å²) in [5.41, 5.74) is -0.115. The predicted molar refractivity (Wildman–Crippen MR) is 146 cm³/mol. The molecule has 0 aromatic heterocycles. The van der Waals surface area contributed by atoms with E-state index in [0.29, 0.717) is 58.4 Å². The summed E-state index contributed by atoms with van der Waals surface area (Å²) in [6.45, 7) is 3.51. The Morgan fingerprint density at radius 1 is 1.00 bits per heavy atom. The van der Waals surface area contributed by atoms with E-state index in [-0.39, 0.29) is 24.8 Å². The first-order valence-corrected chi connectivity index (χ1v) is 14.2. The summed E-state index contributed by atoms with van der Waals surface area (Å²) in [6.07, 6.45) is 5.94. The fraction of sp³-hybridized carbons (Fsp3) is 0.621. The van der Waals surface area contributed by atoms with Gasteiger partial charge in [-0.2, -0.15) is 0 Å². The predicted octanol–water partition coefficient (Wildman–Crippen LogP) is 2.29. The highest BCUT2D eigenvalue weighted by Crippen LogP contribution is 2.29. The average molecular weight is 543 g/mol. The van der Waals surface area contributed by atoms with Crippen molar-refractivity contribution in [3.63, 3.8) is 0 Å². The Labute approximate surface area is 230 Å². The lowest BCUT2D eigenvalue weighted by Gasteiger charge is -2.39. The van der Waals surface area contributed by atoms with Gasteiger partial charge in [-0.15, -0.1) is 0 Å². The van der Waals surface area contributed by atoms with Gasteiger partial charge in [-0.05, 0) is 31.2 Å². The number of ketones is 2. The fourth-order valence-electron chi connectivity index (χ4n) is 5.03. The van der Waals surface area contributed by atoms with Gasteiger partial charge in [0.2, 0.25) is 11.7 Å². The van der Waals surface area contributed by atoms with Crippen LogP contribution in [0.15, 0.2) is 30.3 Å². The van der Waals surface area contributed by atoms with Crippen molar-refractivity contribution >= 4 is 29.4 Å². The van der Waals surface area contributed by atoms with E-state index in [1.165, 1.54) is 0 Å². The van der Waals surface area contributed by atoms with Gasteiger partial charge in [0.05, 0.1) is 25.8 Å². The zero-order valence-electron chi connectivity index (χ0n) is 23.0. The first kappa shape index (κ1) is 30.3. The van der Waals surface area contributed by atoms with Crippen molar-refractivity contribution < 1.29 is 28.7 Å². The summed E-state index contributed by atoms with van der Waals surface area (Å²) >= 11 is 0. The standard InChI is InChI=1S/C29H42N4O6/c1-2-3-12-24(25(35)26(36)30-21-23(34)14-13-22-10-6-4-7-11-22)31-27(37)29(15-8-5-9-16-29)32-28(38)33-17-19-39-20-18-33/h4,6-7,10-11,24H,2-3,5,8-9,12-21H2,1H3,(H,30,36)(H,31,37)(H,32,38)/t24-/m0/s1. The number of Topliss-reactive ketones (excluding diaryl/α,β-unsaturated/α-hetero) is 2. The van der Waals surface area contributed by atoms with E-state index in [0.717, 1.165) is 31.2 Å². The van der Waals surface area contributed by atoms with Crippen LogP contribution >= 0.6 is 0 Å². The number of amides is 4. The number of urea groups is 1. The molecule has 3 rings (SSSR count). The molecule has 1 atom stereocenters. The number of carbonyl (C=O) groups is 5. The van der Waals surface area contributed by atoms with Crippen molar-refractivity contribution in [2.24, 2.45) is 0 Å². The lowest BCUT2D eigenvalue weighted by Crippen LogP contribution is -2.64. The Balaban J connectivity index is 1.59. The Morgan fingerprint density at radius 2 is 1.69 bits per heavy atom. The molecule has 10 nitrogen and oxygen atoms in total. The van der Waals surface area contributed by atoms with Crippen LogP contribution in [-0.4, -0.2) is 78.7 Å². The molecular formula is C29H42N4O6. The number of unbranched alkanes of at least 4 members (excludes halogenated alkanes) is 1. The summed E-state index contributed by atoms with van der Waals surface area (Å²) in [5.74, 6) is -2.29. The molecule has 1 aromatic carbocycles. The molecule has 0 spiro atoms. The van der Waals surface area contributed by atoms with Gasteiger partial charge in [-0.25, -0.2) is 4.79 Å². The molecule has 1 aliphatic heterocycles. The van der Waals surface area contributed by atoms with Gasteiger partial charge in [0, 0.05) is 19.5 Å². The van der Waals surface area contributed by atoms with Crippen LogP contribution in [0.5, 0.6) is 0 Å². The molecule has 10 heteroatoms. The summed E-state index contributed by atoms with van der Waals surface area (Å²) in [6, 6.07) is 8.21. The van der Waals surface area contributed by atoms with E-state index in [1.807, 2.05) is 37.3 Å². The van der Waals surface area contributed by atoms with Crippen molar-refractivity contribution in [2.45, 2.75) is 82.7 Å². The van der Waals surface area contributed by atoms with E-state index in [9.17, 15) is 24.0 Å². The Morgan fingerprint density at radius 3 is 2.36 bits per heavy atom. The zero-order chi connectivity index (χ0) is 28.1. The maximum Gasteiger partial charge on any atom is 0.318 e. The Hall–Kier alpha value is -3.27. The molecule has 39 heavy (non-hydrogen) atoms. The molecule has 1 heterocycles. The molecular weight excluding hydrogens is 500 g/mol. The molecule has 0 unspecified atom stereocenters. The number of ether oxygens (including phenoxy) is 1. The minimum Gasteiger partial charge on any atom is -0.378 e. The first-order chi connectivity index (χ1) is 18.8. The molecule has 3 N–H and O–H groups in total. The van der Waals surface area contributed by atoms with Crippen LogP contribution in [0.3, 0.4) is 0 Å². The van der Waals surface area contributed by atoms with Crippen molar-refractivity contribution in [3.05, 3.63) is 35.9 Å². The van der Waals surface area contributed by atoms with Crippen LogP contribution in [0.4, 0.5) is 4.79 Å². The summed E-state index contributed by atoms with van der Waals surface area (Å²) in [4.78, 5) is 66.3. The van der Waals surface area contributed by atoms with Crippen LogP contribution in [0.25, 0.3) is 0 Å². The van der Waals surface area contributed by atoms with Crippen LogP contribution in [-0.2, 0) is 30.3 Å². The third-order valence-corrected chi connectivity index (χ3v) is 7.46. The lowest BCUT2D eigenvalue weighted by molar-refractivity contribution is -0.141. The molecule has 0 radical (unpaired) electrons. The second kappa shape index (κ2) is 15.4. The number of hydrogen-bond donors (Lipinski definition) is 3. The quantitative estimate of drug-likeness (QED) is 0.328. The molecule has 1 saturated carbocycles. The van der Waals surface area contributed by atoms with Gasteiger partial charge >= 0.3 is 6.03 Å². The molecule has 2 aliphatic rings. The van der Waals surface area contributed by atoms with Crippen molar-refractivity contribution in [2.75, 3.05) is 32.8 Å². The topological polar surface area (TPSA) is 134 Å². The first-order valence-electron chi connectivity index (χ1n) is 14.2. The van der Waals surface area contributed by atoms with Crippen molar-refractivity contribution in [3.8, 4) is 0 Å². The zero-order valence-corrected chi connectivity index (χ0v) is 23.0. The largest absolute Gasteiger partial charge is 0.378 e. The number of nitrogens with zero attached hydrogens (tertiary/aromatic N) is 1. The number of aryl methyl sites for hydroxylation is 1. The Kier molecular flexibility index (Phi) is 11.9. The molecule has 214 valence electrons. The third-order valence-electron chi connectivity index (χ3n) is 7.46. The van der Waals surface area contributed by atoms with Crippen LogP contribution in [0, 0.1) is 0 Å². The molecule has 2 fully saturated rings. The summed E-state index contributed by atoms with van der Waals surface area (Å²) < 4.78 is 5.32. The number of hydrogen-bond acceptors (Lipinski definition) is 6. The highest BCUT2D eigenvalue weighted by molar-refractivity contribution is 6.38. The molecule has 0 bridgehead atoms. The lowest BCUT2D eigenvalue weighted by atomic mass is 9.80. The number of benzene rings is 1. The van der Waals surface area contributed by atoms with Gasteiger partial charge < -0.3 is 25.6 Å². The second-order valence-corrected chi connectivity index (χ2v) is 10.4. The number of carbonyl (C=O) groups excluding carboxylic acids is 5. The van der Waals surface area contributed by atoms with Crippen LogP contribution in [0.2, 0.25) is 0 Å². The molecule has 4 amide bonds. The van der Waals surface area contributed by atoms with E-state index >= 15 is 0 Å². The molecule has 1 saturated heterocycles. The number of morpholine rings is 1. The van der Waals surface area contributed by atoms with Gasteiger partial charge in [0.25, 0.3) is 5.91 Å². The smallest absolute Gasteiger partial charge is 0.318 e. The van der Waals surface area contributed by atoms with Gasteiger partial charge in [-0.1, -0.05) is 69.4 Å². The summed E-state index contributed by atoms with van der Waals surface area (Å²) in [5, 5.41) is 8.19. The number of nitrogens with one attached hydrogen (secondary N) is 3. The maximum atomic E-state index is 13.6. The van der Waals surface area contributed by atoms with Crippen molar-refractivity contribution in [1.82, 2.24) is 20.9 Å². The van der Waals surface area contributed by atoms with E-state index in [2.05, 4.69) is 16.0 Å². The van der Waals surface area contributed by atoms with E-state index in [4.69, 9.17) is 4.74 Å². The fourth-order valence-corrected chi connectivity index (χ4v) is 5.03. The maximum absolute atomic E-state index is 13.6. The van der Waals surface area contributed by atoms with E-state index in [1.54, 1.807) is 4.90 Å². The second-order valence-electron chi connectivity index (χ2n) is 10.4. The monoisotopic (exact) mass is 542 g/mol. The van der Waals surface area contributed by atoms with Gasteiger partial charge in [0.15, 0.2) is 5.78 Å². The van der Waals surface area contributed by atoms with Gasteiger partial charge in [0.1, 0.15) is 5.54 Å². The van der Waals surface area contributed by atoms with Crippen LogP contribution < -0.4 is 16.0 Å². The molecule has 1 aromatic rings.